The maximum Gasteiger partial charge on any atom is 0.158 e. The molecule has 0 radical (unpaired) electrons. The van der Waals surface area contributed by atoms with Crippen LogP contribution < -0.4 is 20.8 Å². The zero-order valence-electron chi connectivity index (χ0n) is 11.9. The molecular formula is C18H16N2O2. The van der Waals surface area contributed by atoms with E-state index >= 15 is 0 Å². The monoisotopic (exact) mass is 292 g/mol. The van der Waals surface area contributed by atoms with Crippen molar-refractivity contribution in [1.29, 1.82) is 0 Å². The highest BCUT2D eigenvalue weighted by Gasteiger charge is 2.00. The van der Waals surface area contributed by atoms with Crippen LogP contribution in [0.4, 0.5) is 11.4 Å². The molecule has 110 valence electrons. The van der Waals surface area contributed by atoms with Gasteiger partial charge in [-0.15, -0.1) is 0 Å². The van der Waals surface area contributed by atoms with Crippen molar-refractivity contribution in [2.45, 2.75) is 0 Å². The van der Waals surface area contributed by atoms with Crippen molar-refractivity contribution < 1.29 is 9.57 Å². The second kappa shape index (κ2) is 6.54. The van der Waals surface area contributed by atoms with Crippen molar-refractivity contribution in [3.05, 3.63) is 78.9 Å². The van der Waals surface area contributed by atoms with E-state index in [0.29, 0.717) is 17.2 Å². The fourth-order valence-electron chi connectivity index (χ4n) is 1.95. The van der Waals surface area contributed by atoms with E-state index in [9.17, 15) is 0 Å². The van der Waals surface area contributed by atoms with Crippen LogP contribution >= 0.6 is 0 Å². The standard InChI is InChI=1S/C18H16N2O2/c19-14-6-4-7-15(12-14)20-22-18-11-5-10-17(13-18)21-16-8-2-1-3-9-16/h1-13,20H,19H2. The number of nitrogen functional groups attached to an aromatic ring is 1. The SMILES string of the molecule is Nc1cccc(NOc2cccc(Oc3ccccc3)c2)c1. The molecule has 0 aromatic heterocycles. The molecule has 0 aliphatic rings. The summed E-state index contributed by atoms with van der Waals surface area (Å²) in [6.07, 6.45) is 0. The summed E-state index contributed by atoms with van der Waals surface area (Å²) in [6, 6.07) is 24.4. The summed E-state index contributed by atoms with van der Waals surface area (Å²) >= 11 is 0. The normalized spacial score (nSPS) is 10.0. The van der Waals surface area contributed by atoms with Crippen LogP contribution in [0.5, 0.6) is 17.2 Å². The number of nitrogens with one attached hydrogen (secondary N) is 1. The predicted molar refractivity (Wildman–Crippen MR) is 88.1 cm³/mol. The van der Waals surface area contributed by atoms with Crippen LogP contribution in [0.2, 0.25) is 0 Å². The third-order valence-corrected chi connectivity index (χ3v) is 2.96. The average Bonchev–Trinajstić information content (AvgIpc) is 2.54. The van der Waals surface area contributed by atoms with Gasteiger partial charge in [-0.05, 0) is 42.5 Å². The van der Waals surface area contributed by atoms with Gasteiger partial charge in [0.2, 0.25) is 0 Å². The highest BCUT2D eigenvalue weighted by molar-refractivity contribution is 5.53. The number of para-hydroxylation sites is 1. The molecule has 0 atom stereocenters. The van der Waals surface area contributed by atoms with Crippen LogP contribution in [-0.2, 0) is 0 Å². The predicted octanol–water partition coefficient (Wildman–Crippen LogP) is 4.47. The first kappa shape index (κ1) is 13.8. The molecule has 3 aromatic rings. The maximum absolute atomic E-state index is 5.76. The van der Waals surface area contributed by atoms with Crippen LogP contribution in [0, 0.1) is 0 Å². The summed E-state index contributed by atoms with van der Waals surface area (Å²) in [6.45, 7) is 0. The number of hydrogen-bond acceptors (Lipinski definition) is 4. The van der Waals surface area contributed by atoms with Gasteiger partial charge in [-0.2, -0.15) is 0 Å². The van der Waals surface area contributed by atoms with Gasteiger partial charge in [0.1, 0.15) is 11.5 Å². The van der Waals surface area contributed by atoms with Crippen molar-refractivity contribution >= 4 is 11.4 Å². The molecule has 0 bridgehead atoms. The molecule has 3 N–H and O–H groups in total. The molecule has 0 amide bonds. The number of nitrogens with two attached hydrogens (primary N) is 1. The number of rotatable bonds is 5. The number of ether oxygens (including phenoxy) is 1. The summed E-state index contributed by atoms with van der Waals surface area (Å²) in [5.74, 6) is 2.14. The molecule has 0 spiro atoms. The molecule has 0 fully saturated rings. The van der Waals surface area contributed by atoms with E-state index in [-0.39, 0.29) is 0 Å². The maximum atomic E-state index is 5.76. The quantitative estimate of drug-likeness (QED) is 0.538. The molecule has 0 aliphatic carbocycles. The van der Waals surface area contributed by atoms with Gasteiger partial charge in [0.05, 0.1) is 5.69 Å². The van der Waals surface area contributed by atoms with E-state index < -0.39 is 0 Å². The molecule has 4 nitrogen and oxygen atoms in total. The zero-order chi connectivity index (χ0) is 15.2. The van der Waals surface area contributed by atoms with Gasteiger partial charge in [-0.3, -0.25) is 0 Å². The van der Waals surface area contributed by atoms with Crippen molar-refractivity contribution in [3.8, 4) is 17.2 Å². The van der Waals surface area contributed by atoms with E-state index in [2.05, 4.69) is 5.48 Å². The van der Waals surface area contributed by atoms with Gasteiger partial charge in [-0.1, -0.05) is 30.3 Å². The van der Waals surface area contributed by atoms with E-state index in [4.69, 9.17) is 15.3 Å². The topological polar surface area (TPSA) is 56.5 Å². The molecule has 3 aromatic carbocycles. The minimum absolute atomic E-state index is 0.649. The lowest BCUT2D eigenvalue weighted by Gasteiger charge is -2.10. The van der Waals surface area contributed by atoms with Crippen LogP contribution in [0.25, 0.3) is 0 Å². The van der Waals surface area contributed by atoms with Crippen molar-refractivity contribution in [3.63, 3.8) is 0 Å². The minimum atomic E-state index is 0.649. The summed E-state index contributed by atoms with van der Waals surface area (Å²) in [5, 5.41) is 0. The molecule has 0 unspecified atom stereocenters. The van der Waals surface area contributed by atoms with Crippen LogP contribution in [0.3, 0.4) is 0 Å². The number of hydrogen-bond donors (Lipinski definition) is 2. The summed E-state index contributed by atoms with van der Waals surface area (Å²) in [7, 11) is 0. The van der Waals surface area contributed by atoms with Crippen LogP contribution in [0.15, 0.2) is 78.9 Å². The fraction of sp³-hybridized carbons (Fsp3) is 0. The van der Waals surface area contributed by atoms with Crippen LogP contribution in [-0.4, -0.2) is 0 Å². The molecule has 4 heteroatoms. The Kier molecular flexibility index (Phi) is 4.11. The Hall–Kier alpha value is -3.14. The van der Waals surface area contributed by atoms with Crippen molar-refractivity contribution in [2.75, 3.05) is 11.2 Å². The van der Waals surface area contributed by atoms with Gasteiger partial charge in [-0.25, -0.2) is 5.48 Å². The lowest BCUT2D eigenvalue weighted by atomic mass is 10.3. The Morgan fingerprint density at radius 3 is 2.23 bits per heavy atom. The molecule has 3 rings (SSSR count). The van der Waals surface area contributed by atoms with E-state index in [1.807, 2.05) is 72.8 Å². The van der Waals surface area contributed by atoms with Crippen molar-refractivity contribution in [2.24, 2.45) is 0 Å². The van der Waals surface area contributed by atoms with E-state index in [0.717, 1.165) is 11.4 Å². The Morgan fingerprint density at radius 2 is 1.41 bits per heavy atom. The molecule has 22 heavy (non-hydrogen) atoms. The summed E-state index contributed by atoms with van der Waals surface area (Å²) in [4.78, 5) is 5.54. The first-order valence-electron chi connectivity index (χ1n) is 6.91. The number of anilines is 2. The zero-order valence-corrected chi connectivity index (χ0v) is 11.9. The molecular weight excluding hydrogens is 276 g/mol. The molecule has 0 aliphatic heterocycles. The van der Waals surface area contributed by atoms with E-state index in [1.165, 1.54) is 0 Å². The third kappa shape index (κ3) is 3.70. The number of benzene rings is 3. The van der Waals surface area contributed by atoms with Crippen molar-refractivity contribution in [1.82, 2.24) is 0 Å². The lowest BCUT2D eigenvalue weighted by molar-refractivity contribution is 0.400. The summed E-state index contributed by atoms with van der Waals surface area (Å²) < 4.78 is 5.76. The van der Waals surface area contributed by atoms with Gasteiger partial charge in [0.25, 0.3) is 0 Å². The van der Waals surface area contributed by atoms with Gasteiger partial charge in [0.15, 0.2) is 5.75 Å². The lowest BCUT2D eigenvalue weighted by Crippen LogP contribution is -2.04. The molecule has 0 saturated heterocycles. The molecule has 0 heterocycles. The highest BCUT2D eigenvalue weighted by atomic mass is 16.6. The second-order valence-electron chi connectivity index (χ2n) is 4.72. The van der Waals surface area contributed by atoms with Gasteiger partial charge >= 0.3 is 0 Å². The first-order chi connectivity index (χ1) is 10.8. The third-order valence-electron chi connectivity index (χ3n) is 2.96. The fourth-order valence-corrected chi connectivity index (χ4v) is 1.95. The Bertz CT molecular complexity index is 745. The Labute approximate surface area is 129 Å². The minimum Gasteiger partial charge on any atom is -0.457 e. The van der Waals surface area contributed by atoms with Crippen LogP contribution in [0.1, 0.15) is 0 Å². The van der Waals surface area contributed by atoms with Gasteiger partial charge < -0.3 is 15.3 Å². The van der Waals surface area contributed by atoms with Gasteiger partial charge in [0, 0.05) is 11.8 Å². The first-order valence-corrected chi connectivity index (χ1v) is 6.91. The molecule has 0 saturated carbocycles. The average molecular weight is 292 g/mol. The van der Waals surface area contributed by atoms with E-state index in [1.54, 1.807) is 6.07 Å². The summed E-state index contributed by atoms with van der Waals surface area (Å²) in [5.41, 5.74) is 10.0. The second-order valence-corrected chi connectivity index (χ2v) is 4.72. The largest absolute Gasteiger partial charge is 0.457 e. The smallest absolute Gasteiger partial charge is 0.158 e. The Morgan fingerprint density at radius 1 is 0.682 bits per heavy atom. The Balaban J connectivity index is 1.66. The highest BCUT2D eigenvalue weighted by Crippen LogP contribution is 2.25.